The van der Waals surface area contributed by atoms with Crippen LogP contribution in [0.3, 0.4) is 0 Å². The van der Waals surface area contributed by atoms with E-state index < -0.39 is 0 Å². The van der Waals surface area contributed by atoms with Crippen LogP contribution in [0, 0.1) is 0 Å². The van der Waals surface area contributed by atoms with Crippen molar-refractivity contribution >= 4 is 23.2 Å². The van der Waals surface area contributed by atoms with Crippen LogP contribution in [0.15, 0.2) is 24.3 Å². The first-order valence-corrected chi connectivity index (χ1v) is 8.03. The first-order valence-electron chi connectivity index (χ1n) is 7.27. The van der Waals surface area contributed by atoms with Gasteiger partial charge in [0.15, 0.2) is 0 Å². The number of nitrogens with one attached hydrogen (secondary N) is 1. The molecule has 2 aromatic rings. The smallest absolute Gasteiger partial charge is 0.0850 e. The molecule has 0 aliphatic rings. The van der Waals surface area contributed by atoms with E-state index >= 15 is 0 Å². The van der Waals surface area contributed by atoms with Gasteiger partial charge in [0.05, 0.1) is 16.4 Å². The van der Waals surface area contributed by atoms with Crippen molar-refractivity contribution in [3.05, 3.63) is 51.3 Å². The van der Waals surface area contributed by atoms with Gasteiger partial charge in [0.25, 0.3) is 0 Å². The number of aryl methyl sites for hydroxylation is 2. The molecule has 21 heavy (non-hydrogen) atoms. The summed E-state index contributed by atoms with van der Waals surface area (Å²) in [6.07, 6.45) is 1.64. The molecule has 0 aliphatic carbocycles. The number of benzene rings is 1. The number of halogens is 2. The molecule has 2 rings (SSSR count). The molecule has 0 fully saturated rings. The maximum Gasteiger partial charge on any atom is 0.0850 e. The van der Waals surface area contributed by atoms with Gasteiger partial charge < -0.3 is 5.32 Å². The molecule has 0 saturated heterocycles. The van der Waals surface area contributed by atoms with Gasteiger partial charge in [-0.1, -0.05) is 42.3 Å². The van der Waals surface area contributed by atoms with Crippen LogP contribution >= 0.6 is 23.2 Å². The Morgan fingerprint density at radius 1 is 1.29 bits per heavy atom. The van der Waals surface area contributed by atoms with Crippen molar-refractivity contribution < 1.29 is 0 Å². The van der Waals surface area contributed by atoms with Crippen molar-refractivity contribution in [2.75, 3.05) is 7.05 Å². The highest BCUT2D eigenvalue weighted by atomic mass is 35.5. The van der Waals surface area contributed by atoms with E-state index in [2.05, 4.69) is 30.3 Å². The second-order valence-electron chi connectivity index (χ2n) is 4.98. The van der Waals surface area contributed by atoms with Crippen LogP contribution in [0.25, 0.3) is 0 Å². The zero-order valence-electron chi connectivity index (χ0n) is 12.7. The summed E-state index contributed by atoms with van der Waals surface area (Å²) < 4.78 is 2.00. The molecule has 0 amide bonds. The molecular weight excluding hydrogens is 305 g/mol. The third-order valence-electron chi connectivity index (χ3n) is 3.69. The van der Waals surface area contributed by atoms with Crippen LogP contribution in [0.2, 0.25) is 10.0 Å². The summed E-state index contributed by atoms with van der Waals surface area (Å²) in [4.78, 5) is 0. The standard InChI is InChI=1S/C16H21Cl2N3/c1-4-13-16(18)15(21(5-2)20-13)10-14(19-3)11-7-6-8-12(17)9-11/h6-9,14,19H,4-5,10H2,1-3H3. The highest BCUT2D eigenvalue weighted by molar-refractivity contribution is 6.32. The minimum Gasteiger partial charge on any atom is -0.313 e. The largest absolute Gasteiger partial charge is 0.313 e. The van der Waals surface area contributed by atoms with Gasteiger partial charge in [0.1, 0.15) is 0 Å². The Labute approximate surface area is 136 Å². The summed E-state index contributed by atoms with van der Waals surface area (Å²) >= 11 is 12.6. The summed E-state index contributed by atoms with van der Waals surface area (Å²) in [7, 11) is 1.95. The van der Waals surface area contributed by atoms with E-state index in [1.807, 2.05) is 29.9 Å². The molecule has 1 atom stereocenters. The van der Waals surface area contributed by atoms with Crippen LogP contribution in [0.5, 0.6) is 0 Å². The van der Waals surface area contributed by atoms with E-state index in [0.717, 1.165) is 46.4 Å². The molecule has 0 spiro atoms. The molecule has 1 unspecified atom stereocenters. The van der Waals surface area contributed by atoms with Gasteiger partial charge in [-0.3, -0.25) is 4.68 Å². The molecule has 3 nitrogen and oxygen atoms in total. The van der Waals surface area contributed by atoms with Crippen LogP contribution in [-0.4, -0.2) is 16.8 Å². The summed E-state index contributed by atoms with van der Waals surface area (Å²) in [5.74, 6) is 0. The van der Waals surface area contributed by atoms with Gasteiger partial charge >= 0.3 is 0 Å². The molecular formula is C16H21Cl2N3. The van der Waals surface area contributed by atoms with Crippen molar-refractivity contribution in [1.82, 2.24) is 15.1 Å². The Bertz CT molecular complexity index is 608. The first kappa shape index (κ1) is 16.3. The summed E-state index contributed by atoms with van der Waals surface area (Å²) in [6.45, 7) is 4.98. The average Bonchev–Trinajstić information content (AvgIpc) is 2.80. The molecule has 1 N–H and O–H groups in total. The monoisotopic (exact) mass is 325 g/mol. The minimum absolute atomic E-state index is 0.160. The summed E-state index contributed by atoms with van der Waals surface area (Å²) in [5.41, 5.74) is 3.20. The molecule has 0 saturated carbocycles. The molecule has 0 bridgehead atoms. The fourth-order valence-corrected chi connectivity index (χ4v) is 3.06. The van der Waals surface area contributed by atoms with Crippen LogP contribution in [0.4, 0.5) is 0 Å². The molecule has 1 aromatic carbocycles. The van der Waals surface area contributed by atoms with E-state index in [0.29, 0.717) is 0 Å². The van der Waals surface area contributed by atoms with E-state index in [1.54, 1.807) is 0 Å². The number of hydrogen-bond donors (Lipinski definition) is 1. The zero-order chi connectivity index (χ0) is 15.4. The van der Waals surface area contributed by atoms with E-state index in [-0.39, 0.29) is 6.04 Å². The molecule has 5 heteroatoms. The van der Waals surface area contributed by atoms with Crippen LogP contribution in [-0.2, 0) is 19.4 Å². The minimum atomic E-state index is 0.160. The predicted molar refractivity (Wildman–Crippen MR) is 89.2 cm³/mol. The highest BCUT2D eigenvalue weighted by Crippen LogP contribution is 2.27. The lowest BCUT2D eigenvalue weighted by Gasteiger charge is -2.18. The lowest BCUT2D eigenvalue weighted by Crippen LogP contribution is -2.20. The van der Waals surface area contributed by atoms with Gasteiger partial charge in [0, 0.05) is 24.0 Å². The quantitative estimate of drug-likeness (QED) is 0.859. The lowest BCUT2D eigenvalue weighted by atomic mass is 10.0. The van der Waals surface area contributed by atoms with Crippen molar-refractivity contribution in [3.63, 3.8) is 0 Å². The third-order valence-corrected chi connectivity index (χ3v) is 4.36. The fraction of sp³-hybridized carbons (Fsp3) is 0.438. The summed E-state index contributed by atoms with van der Waals surface area (Å²) in [5, 5.41) is 9.46. The lowest BCUT2D eigenvalue weighted by molar-refractivity contribution is 0.540. The molecule has 0 aliphatic heterocycles. The molecule has 114 valence electrons. The second-order valence-corrected chi connectivity index (χ2v) is 5.79. The topological polar surface area (TPSA) is 29.9 Å². The second kappa shape index (κ2) is 7.30. The van der Waals surface area contributed by atoms with Crippen LogP contribution < -0.4 is 5.32 Å². The van der Waals surface area contributed by atoms with Gasteiger partial charge in [-0.25, -0.2) is 0 Å². The van der Waals surface area contributed by atoms with Gasteiger partial charge in [-0.05, 0) is 38.1 Å². The fourth-order valence-electron chi connectivity index (χ4n) is 2.52. The van der Waals surface area contributed by atoms with Crippen molar-refractivity contribution in [3.8, 4) is 0 Å². The third kappa shape index (κ3) is 3.60. The highest BCUT2D eigenvalue weighted by Gasteiger charge is 2.19. The maximum atomic E-state index is 6.49. The Kier molecular flexibility index (Phi) is 5.68. The van der Waals surface area contributed by atoms with Gasteiger partial charge in [-0.15, -0.1) is 0 Å². The Morgan fingerprint density at radius 3 is 2.62 bits per heavy atom. The van der Waals surface area contributed by atoms with Crippen LogP contribution in [0.1, 0.15) is 36.8 Å². The predicted octanol–water partition coefficient (Wildman–Crippen LogP) is 4.28. The molecule has 1 aromatic heterocycles. The van der Waals surface area contributed by atoms with Gasteiger partial charge in [-0.2, -0.15) is 5.10 Å². The van der Waals surface area contributed by atoms with E-state index in [1.165, 1.54) is 0 Å². The number of rotatable bonds is 6. The first-order chi connectivity index (χ1) is 10.1. The van der Waals surface area contributed by atoms with Crippen molar-refractivity contribution in [2.24, 2.45) is 0 Å². The molecule has 0 radical (unpaired) electrons. The molecule has 1 heterocycles. The van der Waals surface area contributed by atoms with E-state index in [9.17, 15) is 0 Å². The van der Waals surface area contributed by atoms with Gasteiger partial charge in [0.2, 0.25) is 0 Å². The Hall–Kier alpha value is -1.03. The number of nitrogens with zero attached hydrogens (tertiary/aromatic N) is 2. The normalized spacial score (nSPS) is 12.6. The number of aromatic nitrogens is 2. The average molecular weight is 326 g/mol. The van der Waals surface area contributed by atoms with Crippen molar-refractivity contribution in [1.29, 1.82) is 0 Å². The Morgan fingerprint density at radius 2 is 2.05 bits per heavy atom. The number of likely N-dealkylation sites (N-methyl/N-ethyl adjacent to an activating group) is 1. The van der Waals surface area contributed by atoms with E-state index in [4.69, 9.17) is 23.2 Å². The Balaban J connectivity index is 2.32. The maximum absolute atomic E-state index is 6.49. The summed E-state index contributed by atoms with van der Waals surface area (Å²) in [6, 6.07) is 8.08. The number of hydrogen-bond acceptors (Lipinski definition) is 2. The zero-order valence-corrected chi connectivity index (χ0v) is 14.2. The van der Waals surface area contributed by atoms with Crippen molar-refractivity contribution in [2.45, 2.75) is 39.3 Å². The SMILES string of the molecule is CCc1nn(CC)c(CC(NC)c2cccc(Cl)c2)c1Cl.